The quantitative estimate of drug-likeness (QED) is 0.168. The predicted molar refractivity (Wildman–Crippen MR) is 140 cm³/mol. The van der Waals surface area contributed by atoms with E-state index >= 15 is 0 Å². The van der Waals surface area contributed by atoms with Gasteiger partial charge in [0.25, 0.3) is 0 Å². The molecule has 1 amide bonds. The van der Waals surface area contributed by atoms with Crippen LogP contribution >= 0.6 is 23.1 Å². The van der Waals surface area contributed by atoms with Crippen LogP contribution in [0.15, 0.2) is 23.4 Å². The van der Waals surface area contributed by atoms with Crippen LogP contribution in [-0.2, 0) is 19.1 Å². The number of carbonyl (C=O) groups is 3. The van der Waals surface area contributed by atoms with E-state index in [0.717, 1.165) is 11.3 Å². The average molecular weight is 547 g/mol. The fourth-order valence-corrected chi connectivity index (χ4v) is 5.42. The molecule has 0 fully saturated rings. The lowest BCUT2D eigenvalue weighted by Crippen LogP contribution is -2.44. The molecule has 0 saturated heterocycles. The number of aromatic nitrogens is 2. The Morgan fingerprint density at radius 2 is 1.78 bits per heavy atom. The van der Waals surface area contributed by atoms with E-state index in [4.69, 9.17) is 23.9 Å². The van der Waals surface area contributed by atoms with E-state index in [0.29, 0.717) is 44.1 Å². The van der Waals surface area contributed by atoms with Gasteiger partial charge in [0.1, 0.15) is 28.6 Å². The third-order valence-electron chi connectivity index (χ3n) is 5.52. The molecule has 11 nitrogen and oxygen atoms in total. The molecule has 0 N–H and O–H groups in total. The van der Waals surface area contributed by atoms with Crippen LogP contribution in [0.25, 0.3) is 10.2 Å². The van der Waals surface area contributed by atoms with Crippen molar-refractivity contribution in [3.05, 3.63) is 23.1 Å². The highest BCUT2D eigenvalue weighted by Crippen LogP contribution is 2.48. The number of methoxy groups -OCH3 is 2. The Kier molecular flexibility index (Phi) is 8.03. The molecule has 1 aromatic carbocycles. The second kappa shape index (κ2) is 11.2. The molecular formula is C24H26N4O7S2. The van der Waals surface area contributed by atoms with Crippen LogP contribution in [0.1, 0.15) is 29.9 Å². The molecule has 0 unspecified atom stereocenters. The maximum atomic E-state index is 13.4. The molecule has 196 valence electrons. The number of thiophene rings is 1. The van der Waals surface area contributed by atoms with Crippen molar-refractivity contribution in [2.75, 3.05) is 50.2 Å². The highest BCUT2D eigenvalue weighted by Gasteiger charge is 2.38. The van der Waals surface area contributed by atoms with Gasteiger partial charge in [-0.15, -0.1) is 11.3 Å². The monoisotopic (exact) mass is 546 g/mol. The maximum absolute atomic E-state index is 13.4. The summed E-state index contributed by atoms with van der Waals surface area (Å²) in [6.45, 7) is 3.66. The van der Waals surface area contributed by atoms with Gasteiger partial charge >= 0.3 is 11.9 Å². The molecular weight excluding hydrogens is 520 g/mol. The summed E-state index contributed by atoms with van der Waals surface area (Å²) in [6, 6.07) is 5.33. The van der Waals surface area contributed by atoms with Crippen LogP contribution in [0.2, 0.25) is 0 Å². The number of esters is 2. The topological polar surface area (TPSA) is 120 Å². The van der Waals surface area contributed by atoms with Gasteiger partial charge in [0.05, 0.1) is 38.5 Å². The molecule has 0 aliphatic carbocycles. The van der Waals surface area contributed by atoms with Gasteiger partial charge in [0.15, 0.2) is 16.7 Å². The van der Waals surface area contributed by atoms with Crippen LogP contribution < -0.4 is 19.3 Å². The summed E-state index contributed by atoms with van der Waals surface area (Å²) >= 11 is 2.48. The molecule has 13 heteroatoms. The SMILES string of the molecule is CCOC(=O)CC(=O)N1CN(c2ccc(OC)c(OC)c2)c2nc(SC)nc3sc(C(=O)OCC)c1c23. The minimum absolute atomic E-state index is 0.0240. The lowest BCUT2D eigenvalue weighted by molar-refractivity contribution is -0.145. The molecule has 1 aliphatic heterocycles. The Labute approximate surface area is 221 Å². The van der Waals surface area contributed by atoms with Crippen molar-refractivity contribution in [3.63, 3.8) is 0 Å². The first kappa shape index (κ1) is 26.5. The van der Waals surface area contributed by atoms with Crippen molar-refractivity contribution < 1.29 is 33.3 Å². The zero-order valence-electron chi connectivity index (χ0n) is 21.0. The number of ether oxygens (including phenoxy) is 4. The zero-order chi connectivity index (χ0) is 26.7. The molecule has 2 aromatic heterocycles. The summed E-state index contributed by atoms with van der Waals surface area (Å²) in [4.78, 5) is 51.9. The Hall–Kier alpha value is -3.58. The second-order valence-corrected chi connectivity index (χ2v) is 9.40. The lowest BCUT2D eigenvalue weighted by atomic mass is 10.1. The summed E-state index contributed by atoms with van der Waals surface area (Å²) in [7, 11) is 3.08. The van der Waals surface area contributed by atoms with Crippen molar-refractivity contribution in [3.8, 4) is 11.5 Å². The molecule has 0 saturated carbocycles. The number of benzene rings is 1. The standard InChI is InChI=1S/C24H26N4O7S2/c1-6-34-17(30)11-16(29)28-12-27(13-8-9-14(32-3)15(10-13)33-4)21-18-19(28)20(23(31)35-7-2)37-22(18)26-24(25-21)36-5/h8-10H,6-7,11-12H2,1-5H3. The lowest BCUT2D eigenvalue weighted by Gasteiger charge is -2.36. The normalized spacial score (nSPS) is 12.5. The van der Waals surface area contributed by atoms with Gasteiger partial charge in [0.2, 0.25) is 5.91 Å². The molecule has 37 heavy (non-hydrogen) atoms. The molecule has 0 bridgehead atoms. The fraction of sp³-hybridized carbons (Fsp3) is 0.375. The van der Waals surface area contributed by atoms with Gasteiger partial charge in [-0.3, -0.25) is 14.5 Å². The number of thioether (sulfide) groups is 1. The first-order chi connectivity index (χ1) is 17.9. The van der Waals surface area contributed by atoms with Crippen molar-refractivity contribution in [2.45, 2.75) is 25.4 Å². The van der Waals surface area contributed by atoms with Gasteiger partial charge in [0, 0.05) is 11.8 Å². The minimum Gasteiger partial charge on any atom is -0.493 e. The summed E-state index contributed by atoms with van der Waals surface area (Å²) in [5.41, 5.74) is 0.986. The number of anilines is 3. The summed E-state index contributed by atoms with van der Waals surface area (Å²) in [6.07, 6.45) is 1.36. The highest BCUT2D eigenvalue weighted by atomic mass is 32.2. The molecule has 3 aromatic rings. The third kappa shape index (κ3) is 5.01. The van der Waals surface area contributed by atoms with Crippen molar-refractivity contribution in [1.29, 1.82) is 0 Å². The van der Waals surface area contributed by atoms with Crippen molar-refractivity contribution in [1.82, 2.24) is 9.97 Å². The number of rotatable bonds is 9. The third-order valence-corrected chi connectivity index (χ3v) is 7.12. The zero-order valence-corrected chi connectivity index (χ0v) is 22.7. The Morgan fingerprint density at radius 1 is 1.05 bits per heavy atom. The first-order valence-electron chi connectivity index (χ1n) is 11.4. The van der Waals surface area contributed by atoms with Gasteiger partial charge in [-0.25, -0.2) is 14.8 Å². The Morgan fingerprint density at radius 3 is 2.43 bits per heavy atom. The second-order valence-electron chi connectivity index (χ2n) is 7.63. The number of nitrogens with zero attached hydrogens (tertiary/aromatic N) is 4. The molecule has 0 atom stereocenters. The van der Waals surface area contributed by atoms with Crippen molar-refractivity contribution >= 4 is 68.4 Å². The number of hydrogen-bond acceptors (Lipinski definition) is 12. The molecule has 1 aliphatic rings. The fourth-order valence-electron chi connectivity index (χ4n) is 3.94. The molecule has 3 heterocycles. The van der Waals surface area contributed by atoms with E-state index in [1.165, 1.54) is 23.8 Å². The van der Waals surface area contributed by atoms with E-state index in [2.05, 4.69) is 4.98 Å². The predicted octanol–water partition coefficient (Wildman–Crippen LogP) is 4.00. The molecule has 0 spiro atoms. The van der Waals surface area contributed by atoms with Crippen LogP contribution in [0.3, 0.4) is 0 Å². The Bertz CT molecular complexity index is 1360. The summed E-state index contributed by atoms with van der Waals surface area (Å²) < 4.78 is 21.1. The van der Waals surface area contributed by atoms with E-state index in [1.54, 1.807) is 33.1 Å². The first-order valence-corrected chi connectivity index (χ1v) is 13.4. The van der Waals surface area contributed by atoms with Crippen LogP contribution in [0, 0.1) is 0 Å². The van der Waals surface area contributed by atoms with E-state index in [1.807, 2.05) is 17.2 Å². The average Bonchev–Trinajstić information content (AvgIpc) is 3.28. The maximum Gasteiger partial charge on any atom is 0.350 e. The largest absolute Gasteiger partial charge is 0.493 e. The van der Waals surface area contributed by atoms with Gasteiger partial charge in [-0.05, 0) is 32.2 Å². The highest BCUT2D eigenvalue weighted by molar-refractivity contribution is 7.98. The number of carbonyl (C=O) groups excluding carboxylic acids is 3. The molecule has 4 rings (SSSR count). The van der Waals surface area contributed by atoms with Gasteiger partial charge in [-0.1, -0.05) is 11.8 Å². The van der Waals surface area contributed by atoms with E-state index in [9.17, 15) is 14.4 Å². The van der Waals surface area contributed by atoms with Crippen LogP contribution in [-0.4, -0.2) is 68.2 Å². The number of hydrogen-bond donors (Lipinski definition) is 0. The Balaban J connectivity index is 1.95. The van der Waals surface area contributed by atoms with Crippen molar-refractivity contribution in [2.24, 2.45) is 0 Å². The summed E-state index contributed by atoms with van der Waals surface area (Å²) in [5.74, 6) is -0.225. The summed E-state index contributed by atoms with van der Waals surface area (Å²) in [5, 5.41) is 1.02. The smallest absolute Gasteiger partial charge is 0.350 e. The van der Waals surface area contributed by atoms with Crippen LogP contribution in [0.5, 0.6) is 11.5 Å². The van der Waals surface area contributed by atoms with Gasteiger partial charge < -0.3 is 23.8 Å². The molecule has 0 radical (unpaired) electrons. The minimum atomic E-state index is -0.658. The number of amides is 1. The van der Waals surface area contributed by atoms with E-state index < -0.39 is 24.3 Å². The van der Waals surface area contributed by atoms with Crippen LogP contribution in [0.4, 0.5) is 17.2 Å². The van der Waals surface area contributed by atoms with Gasteiger partial charge in [-0.2, -0.15) is 0 Å². The van der Waals surface area contributed by atoms with E-state index in [-0.39, 0.29) is 24.8 Å².